The van der Waals surface area contributed by atoms with Crippen molar-refractivity contribution in [1.29, 1.82) is 0 Å². The molecule has 7 heteroatoms. The van der Waals surface area contributed by atoms with Gasteiger partial charge in [-0.05, 0) is 57.3 Å². The number of nitrogens with one attached hydrogen (secondary N) is 1. The normalized spacial score (nSPS) is 36.4. The van der Waals surface area contributed by atoms with Gasteiger partial charge in [0.25, 0.3) is 0 Å². The lowest BCUT2D eigenvalue weighted by Crippen LogP contribution is -2.66. The van der Waals surface area contributed by atoms with Gasteiger partial charge in [0.15, 0.2) is 0 Å². The molecule has 2 heterocycles. The van der Waals surface area contributed by atoms with Crippen molar-refractivity contribution < 1.29 is 9.59 Å². The third kappa shape index (κ3) is 3.61. The summed E-state index contributed by atoms with van der Waals surface area (Å²) in [4.78, 5) is 34.7. The van der Waals surface area contributed by atoms with E-state index >= 15 is 0 Å². The predicted molar refractivity (Wildman–Crippen MR) is 112 cm³/mol. The number of hydrogen-bond acceptors (Lipinski definition) is 5. The van der Waals surface area contributed by atoms with Crippen molar-refractivity contribution in [3.05, 3.63) is 16.1 Å². The van der Waals surface area contributed by atoms with Crippen LogP contribution >= 0.6 is 11.3 Å². The van der Waals surface area contributed by atoms with Gasteiger partial charge in [-0.1, -0.05) is 0 Å². The molecule has 1 saturated heterocycles. The number of aryl methyl sites for hydroxylation is 1. The maximum absolute atomic E-state index is 13.7. The largest absolute Gasteiger partial charge is 0.351 e. The highest BCUT2D eigenvalue weighted by Gasteiger charge is 2.61. The van der Waals surface area contributed by atoms with Crippen molar-refractivity contribution in [3.8, 4) is 0 Å². The van der Waals surface area contributed by atoms with E-state index in [2.05, 4.69) is 25.5 Å². The molecular formula is C22H32N4O2S. The molecule has 1 N–H and O–H groups in total. The molecule has 4 saturated carbocycles. The van der Waals surface area contributed by atoms with Gasteiger partial charge in [0.05, 0.1) is 16.1 Å². The molecule has 158 valence electrons. The molecule has 2 atom stereocenters. The number of amides is 2. The standard InChI is InChI=1S/C22H32N4O2S/c1-15(27)24-22-10-17-7-18(11-22)9-21(8-17,14-22)20(28)26-5-3-25(4-6-26)12-19-13-29-16(2)23-19/h13,17-18H,3-12,14H2,1-2H3,(H,24,27). The molecule has 29 heavy (non-hydrogen) atoms. The molecule has 2 unspecified atom stereocenters. The van der Waals surface area contributed by atoms with E-state index in [1.807, 2.05) is 6.92 Å². The van der Waals surface area contributed by atoms with Crippen molar-refractivity contribution in [2.24, 2.45) is 17.3 Å². The highest BCUT2D eigenvalue weighted by molar-refractivity contribution is 7.09. The Morgan fingerprint density at radius 1 is 1.17 bits per heavy atom. The lowest BCUT2D eigenvalue weighted by molar-refractivity contribution is -0.164. The first-order chi connectivity index (χ1) is 13.8. The Hall–Kier alpha value is -1.47. The highest BCUT2D eigenvalue weighted by atomic mass is 32.1. The summed E-state index contributed by atoms with van der Waals surface area (Å²) in [7, 11) is 0. The summed E-state index contributed by atoms with van der Waals surface area (Å²) in [5.74, 6) is 1.62. The number of thiazole rings is 1. The molecule has 1 aliphatic heterocycles. The number of carbonyl (C=O) groups is 2. The van der Waals surface area contributed by atoms with E-state index in [0.29, 0.717) is 17.7 Å². The monoisotopic (exact) mass is 416 g/mol. The topological polar surface area (TPSA) is 65.5 Å². The Kier molecular flexibility index (Phi) is 4.74. The Morgan fingerprint density at radius 3 is 2.45 bits per heavy atom. The number of hydrogen-bond donors (Lipinski definition) is 1. The van der Waals surface area contributed by atoms with Crippen molar-refractivity contribution >= 4 is 23.2 Å². The second-order valence-corrected chi connectivity index (χ2v) is 11.2. The molecule has 0 spiro atoms. The van der Waals surface area contributed by atoms with Gasteiger partial charge >= 0.3 is 0 Å². The van der Waals surface area contributed by atoms with Gasteiger partial charge in [-0.25, -0.2) is 4.98 Å². The summed E-state index contributed by atoms with van der Waals surface area (Å²) < 4.78 is 0. The van der Waals surface area contributed by atoms with Crippen molar-refractivity contribution in [2.45, 2.75) is 64.5 Å². The van der Waals surface area contributed by atoms with E-state index in [9.17, 15) is 9.59 Å². The van der Waals surface area contributed by atoms with Crippen LogP contribution in [0.2, 0.25) is 0 Å². The van der Waals surface area contributed by atoms with Crippen LogP contribution in [0.5, 0.6) is 0 Å². The van der Waals surface area contributed by atoms with Crippen molar-refractivity contribution in [3.63, 3.8) is 0 Å². The fraction of sp³-hybridized carbons (Fsp3) is 0.773. The Balaban J connectivity index is 1.25. The minimum absolute atomic E-state index is 0.0560. The molecule has 2 amide bonds. The smallest absolute Gasteiger partial charge is 0.228 e. The Bertz CT molecular complexity index is 799. The van der Waals surface area contributed by atoms with Gasteiger partial charge < -0.3 is 10.2 Å². The number of rotatable bonds is 4. The van der Waals surface area contributed by atoms with Crippen LogP contribution in [0.4, 0.5) is 0 Å². The van der Waals surface area contributed by atoms with E-state index in [-0.39, 0.29) is 16.9 Å². The Morgan fingerprint density at radius 2 is 1.86 bits per heavy atom. The van der Waals surface area contributed by atoms with Crippen LogP contribution in [-0.2, 0) is 16.1 Å². The maximum atomic E-state index is 13.7. The summed E-state index contributed by atoms with van der Waals surface area (Å²) in [5.41, 5.74) is 0.780. The van der Waals surface area contributed by atoms with Crippen molar-refractivity contribution in [1.82, 2.24) is 20.1 Å². The summed E-state index contributed by atoms with van der Waals surface area (Å²) in [6.45, 7) is 8.01. The zero-order valence-electron chi connectivity index (χ0n) is 17.6. The third-order valence-corrected chi connectivity index (χ3v) is 8.49. The number of carbonyl (C=O) groups excluding carboxylic acids is 2. The van der Waals surface area contributed by atoms with E-state index in [4.69, 9.17) is 0 Å². The molecule has 0 radical (unpaired) electrons. The summed E-state index contributed by atoms with van der Waals surface area (Å²) >= 11 is 1.70. The molecule has 4 aliphatic carbocycles. The van der Waals surface area contributed by atoms with Crippen LogP contribution in [-0.4, -0.2) is 58.3 Å². The van der Waals surface area contributed by atoms with E-state index < -0.39 is 0 Å². The van der Waals surface area contributed by atoms with Gasteiger partial charge in [0.2, 0.25) is 11.8 Å². The molecular weight excluding hydrogens is 384 g/mol. The summed E-state index contributed by atoms with van der Waals surface area (Å²) in [5, 5.41) is 6.54. The molecule has 6 rings (SSSR count). The Labute approximate surface area is 177 Å². The molecule has 5 aliphatic rings. The minimum Gasteiger partial charge on any atom is -0.351 e. The van der Waals surface area contributed by atoms with E-state index in [1.165, 1.54) is 6.42 Å². The summed E-state index contributed by atoms with van der Waals surface area (Å²) in [6, 6.07) is 0. The van der Waals surface area contributed by atoms with Gasteiger partial charge in [-0.15, -0.1) is 11.3 Å². The fourth-order valence-corrected chi connectivity index (χ4v) is 7.79. The lowest BCUT2D eigenvalue weighted by Gasteiger charge is -2.62. The van der Waals surface area contributed by atoms with Gasteiger partial charge in [0, 0.05) is 50.6 Å². The average molecular weight is 417 g/mol. The first-order valence-electron chi connectivity index (χ1n) is 11.1. The second kappa shape index (κ2) is 7.05. The van der Waals surface area contributed by atoms with Crippen molar-refractivity contribution in [2.75, 3.05) is 26.2 Å². The predicted octanol–water partition coefficient (Wildman–Crippen LogP) is 2.57. The summed E-state index contributed by atoms with van der Waals surface area (Å²) in [6.07, 6.45) is 6.29. The van der Waals surface area contributed by atoms with Crippen LogP contribution in [0.25, 0.3) is 0 Å². The van der Waals surface area contributed by atoms with Crippen LogP contribution < -0.4 is 5.32 Å². The van der Waals surface area contributed by atoms with Gasteiger partial charge in [-0.2, -0.15) is 0 Å². The number of nitrogens with zero attached hydrogens (tertiary/aromatic N) is 3. The first-order valence-corrected chi connectivity index (χ1v) is 11.9. The average Bonchev–Trinajstić information content (AvgIpc) is 3.04. The number of piperazine rings is 1. The van der Waals surface area contributed by atoms with Crippen LogP contribution in [0.15, 0.2) is 5.38 Å². The van der Waals surface area contributed by atoms with Crippen LogP contribution in [0.3, 0.4) is 0 Å². The van der Waals surface area contributed by atoms with Crippen LogP contribution in [0, 0.1) is 24.2 Å². The lowest BCUT2D eigenvalue weighted by atomic mass is 9.46. The van der Waals surface area contributed by atoms with Crippen LogP contribution in [0.1, 0.15) is 56.2 Å². The number of aromatic nitrogens is 1. The van der Waals surface area contributed by atoms with Gasteiger partial charge in [-0.3, -0.25) is 14.5 Å². The highest BCUT2D eigenvalue weighted by Crippen LogP contribution is 2.62. The third-order valence-electron chi connectivity index (χ3n) is 7.67. The van der Waals surface area contributed by atoms with E-state index in [0.717, 1.165) is 75.5 Å². The zero-order chi connectivity index (χ0) is 20.2. The molecule has 6 nitrogen and oxygen atoms in total. The molecule has 1 aromatic heterocycles. The molecule has 4 bridgehead atoms. The fourth-order valence-electron chi connectivity index (χ4n) is 7.19. The second-order valence-electron chi connectivity index (χ2n) is 10.1. The van der Waals surface area contributed by atoms with Gasteiger partial charge in [0.1, 0.15) is 0 Å². The quantitative estimate of drug-likeness (QED) is 0.819. The first kappa shape index (κ1) is 19.5. The minimum atomic E-state index is -0.235. The molecule has 5 fully saturated rings. The molecule has 0 aromatic carbocycles. The SMILES string of the molecule is CC(=O)NC12CC3CC(C1)CC(C(=O)N1CCN(Cc4csc(C)n4)CC1)(C3)C2. The molecule has 1 aromatic rings. The van der Waals surface area contributed by atoms with E-state index in [1.54, 1.807) is 18.3 Å². The maximum Gasteiger partial charge on any atom is 0.228 e. The zero-order valence-corrected chi connectivity index (χ0v) is 18.4.